The molecule has 1 N–H and O–H groups in total. The van der Waals surface area contributed by atoms with Crippen molar-refractivity contribution in [2.75, 3.05) is 6.61 Å². The van der Waals surface area contributed by atoms with Gasteiger partial charge in [0.2, 0.25) is 0 Å². The minimum absolute atomic E-state index is 0.00129. The van der Waals surface area contributed by atoms with Gasteiger partial charge in [0.1, 0.15) is 12.2 Å². The summed E-state index contributed by atoms with van der Waals surface area (Å²) in [5.41, 5.74) is -0.971. The number of aliphatic hydroxyl groups excluding tert-OH is 1. The van der Waals surface area contributed by atoms with Crippen LogP contribution in [0.3, 0.4) is 0 Å². The summed E-state index contributed by atoms with van der Waals surface area (Å²) in [6.45, 7) is 11.6. The molecule has 4 fully saturated rings. The summed E-state index contributed by atoms with van der Waals surface area (Å²) in [7, 11) is 0. The van der Waals surface area contributed by atoms with Crippen molar-refractivity contribution in [2.24, 2.45) is 28.6 Å². The van der Waals surface area contributed by atoms with E-state index in [0.29, 0.717) is 12.8 Å². The number of fused-ring (bicyclic) bond motifs is 6. The van der Waals surface area contributed by atoms with Crippen LogP contribution in [-0.4, -0.2) is 53.4 Å². The Hall–Kier alpha value is -1.38. The van der Waals surface area contributed by atoms with Crippen LogP contribution in [0.25, 0.3) is 0 Å². The Bertz CT molecular complexity index is 956. The highest BCUT2D eigenvalue weighted by molar-refractivity contribution is 6.01. The van der Waals surface area contributed by atoms with Gasteiger partial charge in [0.15, 0.2) is 11.6 Å². The van der Waals surface area contributed by atoms with Crippen LogP contribution in [-0.2, 0) is 28.5 Å². The molecule has 0 amide bonds. The molecule has 7 heteroatoms. The van der Waals surface area contributed by atoms with Gasteiger partial charge in [-0.2, -0.15) is 0 Å². The Morgan fingerprint density at radius 2 is 1.77 bits per heavy atom. The quantitative estimate of drug-likeness (QED) is 0.596. The largest absolute Gasteiger partial charge is 0.414 e. The first kappa shape index (κ1) is 25.3. The van der Waals surface area contributed by atoms with Gasteiger partial charge in [-0.05, 0) is 83.8 Å². The van der Waals surface area contributed by atoms with Crippen LogP contribution in [0, 0.1) is 28.6 Å². The fraction of sp³-hybridized carbons (Fsp3) is 0.786. The van der Waals surface area contributed by atoms with E-state index in [1.807, 2.05) is 33.8 Å². The molecule has 5 aliphatic rings. The summed E-state index contributed by atoms with van der Waals surface area (Å²) in [4.78, 5) is 25.7. The molecule has 0 aromatic rings. The van der Waals surface area contributed by atoms with Gasteiger partial charge < -0.3 is 14.6 Å². The number of ketones is 2. The van der Waals surface area contributed by atoms with Crippen LogP contribution in [0.5, 0.6) is 0 Å². The number of carbonyl (C=O) groups excluding carboxylic acids is 2. The minimum Gasteiger partial charge on any atom is -0.393 e. The van der Waals surface area contributed by atoms with Crippen molar-refractivity contribution < 1.29 is 33.6 Å². The molecule has 1 unspecified atom stereocenters. The van der Waals surface area contributed by atoms with Gasteiger partial charge >= 0.3 is 6.16 Å². The normalized spacial score (nSPS) is 44.4. The van der Waals surface area contributed by atoms with Crippen LogP contribution < -0.4 is 0 Å². The third kappa shape index (κ3) is 3.64. The van der Waals surface area contributed by atoms with Gasteiger partial charge in [0.25, 0.3) is 0 Å². The SMILES string of the molecule is CC(C)OC1(OC(C)C)OCC(=O)[C@]2(CC[C@H]3[C@@H]4CCC5=CC(=O)C=C[C@]5(C)[C@H]4C(O)C[C@@]32C)O1. The van der Waals surface area contributed by atoms with Gasteiger partial charge in [-0.25, -0.2) is 0 Å². The average molecular weight is 489 g/mol. The second-order valence-corrected chi connectivity index (χ2v) is 12.2. The molecular weight excluding hydrogens is 448 g/mol. The molecule has 3 saturated carbocycles. The highest BCUT2D eigenvalue weighted by Crippen LogP contribution is 2.68. The van der Waals surface area contributed by atoms with E-state index in [0.717, 1.165) is 24.8 Å². The predicted octanol–water partition coefficient (Wildman–Crippen LogP) is 4.08. The molecule has 1 heterocycles. The highest BCUT2D eigenvalue weighted by atomic mass is 17.0. The molecule has 194 valence electrons. The van der Waals surface area contributed by atoms with Crippen LogP contribution >= 0.6 is 0 Å². The number of aliphatic hydroxyl groups is 1. The van der Waals surface area contributed by atoms with E-state index in [4.69, 9.17) is 18.9 Å². The average Bonchev–Trinajstić information content (AvgIpc) is 3.02. The Labute approximate surface area is 208 Å². The Morgan fingerprint density at radius 1 is 1.09 bits per heavy atom. The van der Waals surface area contributed by atoms with Crippen molar-refractivity contribution in [1.82, 2.24) is 0 Å². The van der Waals surface area contributed by atoms with Crippen molar-refractivity contribution >= 4 is 11.6 Å². The van der Waals surface area contributed by atoms with E-state index in [-0.39, 0.29) is 53.6 Å². The lowest BCUT2D eigenvalue weighted by atomic mass is 9.46. The molecule has 0 radical (unpaired) electrons. The Morgan fingerprint density at radius 3 is 2.43 bits per heavy atom. The maximum absolute atomic E-state index is 13.6. The summed E-state index contributed by atoms with van der Waals surface area (Å²) in [6.07, 6.45) is 6.08. The first-order chi connectivity index (χ1) is 16.4. The van der Waals surface area contributed by atoms with Crippen molar-refractivity contribution in [3.8, 4) is 0 Å². The van der Waals surface area contributed by atoms with Crippen LogP contribution in [0.4, 0.5) is 0 Å². The third-order valence-electron chi connectivity index (χ3n) is 9.51. The molecule has 1 saturated heterocycles. The van der Waals surface area contributed by atoms with Crippen molar-refractivity contribution in [3.63, 3.8) is 0 Å². The van der Waals surface area contributed by atoms with Crippen LogP contribution in [0.1, 0.15) is 73.6 Å². The smallest absolute Gasteiger partial charge is 0.393 e. The molecule has 1 spiro atoms. The van der Waals surface area contributed by atoms with Gasteiger partial charge in [-0.1, -0.05) is 25.5 Å². The molecule has 35 heavy (non-hydrogen) atoms. The van der Waals surface area contributed by atoms with Gasteiger partial charge in [-0.3, -0.25) is 19.1 Å². The molecule has 7 atom stereocenters. The zero-order chi connectivity index (χ0) is 25.4. The number of rotatable bonds is 4. The highest BCUT2D eigenvalue weighted by Gasteiger charge is 2.72. The Kier molecular flexibility index (Phi) is 6.01. The third-order valence-corrected chi connectivity index (χ3v) is 9.51. The number of ether oxygens (including phenoxy) is 4. The van der Waals surface area contributed by atoms with Crippen molar-refractivity contribution in [1.29, 1.82) is 0 Å². The second-order valence-electron chi connectivity index (χ2n) is 12.2. The minimum atomic E-state index is -1.75. The van der Waals surface area contributed by atoms with Gasteiger partial charge in [0, 0.05) is 16.7 Å². The molecular formula is C28H40O7. The molecule has 7 nitrogen and oxygen atoms in total. The number of carbonyl (C=O) groups is 2. The van der Waals surface area contributed by atoms with Gasteiger partial charge in [-0.15, -0.1) is 0 Å². The summed E-state index contributed by atoms with van der Waals surface area (Å²) in [6, 6.07) is 0. The van der Waals surface area contributed by atoms with Gasteiger partial charge in [0.05, 0.1) is 18.3 Å². The zero-order valence-electron chi connectivity index (χ0n) is 21.8. The van der Waals surface area contributed by atoms with E-state index in [9.17, 15) is 14.7 Å². The summed E-state index contributed by atoms with van der Waals surface area (Å²) < 4.78 is 24.5. The first-order valence-corrected chi connectivity index (χ1v) is 13.2. The summed E-state index contributed by atoms with van der Waals surface area (Å²) >= 11 is 0. The number of Topliss-reactive ketones (excluding diaryl/α,β-unsaturated/α-hetero) is 1. The first-order valence-electron chi connectivity index (χ1n) is 13.2. The number of hydrogen-bond donors (Lipinski definition) is 1. The van der Waals surface area contributed by atoms with E-state index in [1.54, 1.807) is 12.2 Å². The Balaban J connectivity index is 1.52. The molecule has 4 aliphatic carbocycles. The van der Waals surface area contributed by atoms with E-state index >= 15 is 0 Å². The maximum Gasteiger partial charge on any atom is 0.414 e. The van der Waals surface area contributed by atoms with Crippen LogP contribution in [0.15, 0.2) is 23.8 Å². The lowest BCUT2D eigenvalue weighted by Gasteiger charge is -2.61. The lowest BCUT2D eigenvalue weighted by Crippen LogP contribution is -2.68. The monoisotopic (exact) mass is 488 g/mol. The van der Waals surface area contributed by atoms with E-state index in [1.165, 1.54) is 0 Å². The fourth-order valence-corrected chi connectivity index (χ4v) is 8.23. The molecule has 0 aromatic heterocycles. The maximum atomic E-state index is 13.6. The zero-order valence-corrected chi connectivity index (χ0v) is 21.8. The standard InChI is InChI=1S/C28H40O7/c1-16(2)33-28(34-17(3)4)32-15-23(31)27(35-28)12-10-21-20-8-7-18-13-19(29)9-11-25(18,5)24(20)22(30)14-26(21,27)6/h9,11,13,16-17,20-22,24,30H,7-8,10,12,14-15H2,1-6H3/t20-,21-,22?,24+,25-,26-,27-/m0/s1. The van der Waals surface area contributed by atoms with E-state index in [2.05, 4.69) is 13.8 Å². The summed E-state index contributed by atoms with van der Waals surface area (Å²) in [5.74, 6) is 0.332. The van der Waals surface area contributed by atoms with E-state index < -0.39 is 23.3 Å². The molecule has 0 bridgehead atoms. The second kappa shape index (κ2) is 8.32. The molecule has 0 aromatic carbocycles. The number of allylic oxidation sites excluding steroid dienone is 4. The van der Waals surface area contributed by atoms with Crippen molar-refractivity contribution in [2.45, 2.75) is 104 Å². The lowest BCUT2D eigenvalue weighted by molar-refractivity contribution is -0.542. The molecule has 1 aliphatic heterocycles. The van der Waals surface area contributed by atoms with Crippen LogP contribution in [0.2, 0.25) is 0 Å². The fourth-order valence-electron chi connectivity index (χ4n) is 8.23. The number of hydrogen-bond acceptors (Lipinski definition) is 7. The topological polar surface area (TPSA) is 91.3 Å². The predicted molar refractivity (Wildman–Crippen MR) is 128 cm³/mol. The summed E-state index contributed by atoms with van der Waals surface area (Å²) in [5, 5.41) is 11.7. The van der Waals surface area contributed by atoms with Crippen molar-refractivity contribution in [3.05, 3.63) is 23.8 Å². The molecule has 5 rings (SSSR count).